The molecule has 0 bridgehead atoms. The van der Waals surface area contributed by atoms with Crippen LogP contribution in [0.15, 0.2) is 0 Å². The fourth-order valence-electron chi connectivity index (χ4n) is 3.43. The van der Waals surface area contributed by atoms with Crippen LogP contribution < -0.4 is 5.32 Å². The molecular formula is C16H26N4O3S. The highest BCUT2D eigenvalue weighted by Crippen LogP contribution is 2.35. The van der Waals surface area contributed by atoms with Gasteiger partial charge in [-0.2, -0.15) is 0 Å². The number of aliphatic hydroxyl groups is 1. The zero-order valence-electron chi connectivity index (χ0n) is 14.2. The van der Waals surface area contributed by atoms with Crippen LogP contribution in [0, 0.1) is 0 Å². The zero-order valence-corrected chi connectivity index (χ0v) is 15.0. The van der Waals surface area contributed by atoms with E-state index in [1.165, 1.54) is 11.3 Å². The van der Waals surface area contributed by atoms with Crippen molar-refractivity contribution in [3.8, 4) is 0 Å². The van der Waals surface area contributed by atoms with E-state index in [1.807, 2.05) is 6.92 Å². The Hall–Kier alpha value is -1.09. The number of rotatable bonds is 5. The second-order valence-corrected chi connectivity index (χ2v) is 7.63. The monoisotopic (exact) mass is 354 g/mol. The summed E-state index contributed by atoms with van der Waals surface area (Å²) in [5, 5.41) is 22.5. The summed E-state index contributed by atoms with van der Waals surface area (Å²) >= 11 is 1.43. The Balaban J connectivity index is 1.40. The first-order chi connectivity index (χ1) is 11.6. The minimum Gasteiger partial charge on any atom is -0.390 e. The van der Waals surface area contributed by atoms with Crippen molar-refractivity contribution in [1.82, 2.24) is 15.1 Å². The number of nitrogens with one attached hydrogen (secondary N) is 1. The summed E-state index contributed by atoms with van der Waals surface area (Å²) in [5.74, 6) is -0.0250. The number of amides is 1. The van der Waals surface area contributed by atoms with Gasteiger partial charge in [-0.1, -0.05) is 18.3 Å². The number of aromatic nitrogens is 2. The second-order valence-electron chi connectivity index (χ2n) is 6.57. The van der Waals surface area contributed by atoms with E-state index in [0.717, 1.165) is 63.4 Å². The molecule has 2 fully saturated rings. The van der Waals surface area contributed by atoms with Gasteiger partial charge >= 0.3 is 0 Å². The highest BCUT2D eigenvalue weighted by atomic mass is 32.1. The first-order valence-electron chi connectivity index (χ1n) is 8.78. The number of carbonyl (C=O) groups is 1. The van der Waals surface area contributed by atoms with E-state index < -0.39 is 0 Å². The molecule has 1 aromatic heterocycles. The van der Waals surface area contributed by atoms with Crippen molar-refractivity contribution in [1.29, 1.82) is 0 Å². The zero-order chi connectivity index (χ0) is 17.0. The Morgan fingerprint density at radius 1 is 1.46 bits per heavy atom. The van der Waals surface area contributed by atoms with Gasteiger partial charge in [-0.25, -0.2) is 0 Å². The summed E-state index contributed by atoms with van der Waals surface area (Å²) in [6, 6.07) is 0. The summed E-state index contributed by atoms with van der Waals surface area (Å²) < 4.78 is 5.91. The number of ether oxygens (including phenoxy) is 1. The molecule has 2 saturated heterocycles. The van der Waals surface area contributed by atoms with Crippen LogP contribution in [0.25, 0.3) is 0 Å². The first-order valence-corrected chi connectivity index (χ1v) is 9.59. The average molecular weight is 354 g/mol. The quantitative estimate of drug-likeness (QED) is 0.832. The van der Waals surface area contributed by atoms with Gasteiger partial charge in [-0.3, -0.25) is 4.79 Å². The van der Waals surface area contributed by atoms with Crippen LogP contribution in [-0.2, 0) is 16.0 Å². The third-order valence-electron chi connectivity index (χ3n) is 4.99. The van der Waals surface area contributed by atoms with Gasteiger partial charge in [-0.05, 0) is 32.1 Å². The standard InChI is InChI=1S/C16H26N4O3S/c1-2-14-18-19-15(24-14)17-13(22)5-8-20-9-6-16(7-10-20)12(21)4-3-11-23-16/h12,21H,2-11H2,1H3,(H,17,19,22)/t12-/m0/s1. The lowest BCUT2D eigenvalue weighted by Gasteiger charge is -2.46. The van der Waals surface area contributed by atoms with E-state index in [0.29, 0.717) is 11.6 Å². The van der Waals surface area contributed by atoms with Crippen molar-refractivity contribution in [2.45, 2.75) is 57.2 Å². The smallest absolute Gasteiger partial charge is 0.227 e. The lowest BCUT2D eigenvalue weighted by atomic mass is 9.82. The van der Waals surface area contributed by atoms with E-state index in [1.54, 1.807) is 0 Å². The van der Waals surface area contributed by atoms with Crippen molar-refractivity contribution >= 4 is 22.4 Å². The third-order valence-corrected chi connectivity index (χ3v) is 5.97. The van der Waals surface area contributed by atoms with Crippen molar-refractivity contribution in [3.05, 3.63) is 5.01 Å². The van der Waals surface area contributed by atoms with Gasteiger partial charge in [0.25, 0.3) is 0 Å². The number of carbonyl (C=O) groups excluding carboxylic acids is 1. The lowest BCUT2D eigenvalue weighted by molar-refractivity contribution is -0.176. The molecule has 0 saturated carbocycles. The number of nitrogens with zero attached hydrogens (tertiary/aromatic N) is 3. The van der Waals surface area contributed by atoms with Gasteiger partial charge in [0.2, 0.25) is 11.0 Å². The summed E-state index contributed by atoms with van der Waals surface area (Å²) in [4.78, 5) is 14.3. The molecule has 1 spiro atoms. The van der Waals surface area contributed by atoms with Gasteiger partial charge in [-0.15, -0.1) is 10.2 Å². The maximum Gasteiger partial charge on any atom is 0.227 e. The van der Waals surface area contributed by atoms with Gasteiger partial charge in [0.1, 0.15) is 5.01 Å². The molecule has 2 aliphatic heterocycles. The van der Waals surface area contributed by atoms with Crippen molar-refractivity contribution < 1.29 is 14.6 Å². The van der Waals surface area contributed by atoms with E-state index >= 15 is 0 Å². The molecule has 3 heterocycles. The fraction of sp³-hybridized carbons (Fsp3) is 0.812. The molecule has 8 heteroatoms. The number of anilines is 1. The molecule has 1 amide bonds. The van der Waals surface area contributed by atoms with Gasteiger partial charge in [0.05, 0.1) is 11.7 Å². The number of hydrogen-bond acceptors (Lipinski definition) is 7. The van der Waals surface area contributed by atoms with Crippen LogP contribution in [0.2, 0.25) is 0 Å². The molecule has 0 radical (unpaired) electrons. The molecule has 134 valence electrons. The van der Waals surface area contributed by atoms with Crippen molar-refractivity contribution in [3.63, 3.8) is 0 Å². The van der Waals surface area contributed by atoms with E-state index in [9.17, 15) is 9.90 Å². The Bertz CT molecular complexity index is 557. The number of aryl methyl sites for hydroxylation is 1. The Labute approximate surface area is 146 Å². The maximum absolute atomic E-state index is 12.0. The van der Waals surface area contributed by atoms with Crippen LogP contribution >= 0.6 is 11.3 Å². The number of likely N-dealkylation sites (tertiary alicyclic amines) is 1. The van der Waals surface area contributed by atoms with Gasteiger partial charge in [0.15, 0.2) is 0 Å². The minimum absolute atomic E-state index is 0.0250. The van der Waals surface area contributed by atoms with Crippen LogP contribution in [0.3, 0.4) is 0 Å². The molecule has 2 N–H and O–H groups in total. The van der Waals surface area contributed by atoms with E-state index in [-0.39, 0.29) is 17.6 Å². The fourth-order valence-corrected chi connectivity index (χ4v) is 4.13. The second kappa shape index (κ2) is 7.86. The molecular weight excluding hydrogens is 328 g/mol. The summed E-state index contributed by atoms with van der Waals surface area (Å²) in [5.41, 5.74) is -0.347. The molecule has 1 aromatic rings. The predicted octanol–water partition coefficient (Wildman–Crippen LogP) is 1.43. The van der Waals surface area contributed by atoms with E-state index in [2.05, 4.69) is 20.4 Å². The average Bonchev–Trinajstić information content (AvgIpc) is 3.05. The molecule has 1 atom stereocenters. The van der Waals surface area contributed by atoms with Crippen LogP contribution in [-0.4, -0.2) is 64.1 Å². The lowest BCUT2D eigenvalue weighted by Crippen LogP contribution is -2.55. The predicted molar refractivity (Wildman–Crippen MR) is 92.1 cm³/mol. The highest BCUT2D eigenvalue weighted by Gasteiger charge is 2.43. The number of piperidine rings is 1. The van der Waals surface area contributed by atoms with Gasteiger partial charge in [0, 0.05) is 32.7 Å². The molecule has 3 rings (SSSR count). The number of hydrogen-bond donors (Lipinski definition) is 2. The molecule has 0 aliphatic carbocycles. The normalized spacial score (nSPS) is 24.2. The molecule has 2 aliphatic rings. The first kappa shape index (κ1) is 17.7. The van der Waals surface area contributed by atoms with Gasteiger partial charge < -0.3 is 20.1 Å². The molecule has 0 aromatic carbocycles. The Morgan fingerprint density at radius 3 is 2.92 bits per heavy atom. The summed E-state index contributed by atoms with van der Waals surface area (Å²) in [7, 11) is 0. The number of aliphatic hydroxyl groups excluding tert-OH is 1. The van der Waals surface area contributed by atoms with Crippen molar-refractivity contribution in [2.24, 2.45) is 0 Å². The summed E-state index contributed by atoms with van der Waals surface area (Å²) in [6.07, 6.45) is 4.39. The van der Waals surface area contributed by atoms with Crippen LogP contribution in [0.1, 0.15) is 44.0 Å². The Morgan fingerprint density at radius 2 is 2.25 bits per heavy atom. The molecule has 0 unspecified atom stereocenters. The highest BCUT2D eigenvalue weighted by molar-refractivity contribution is 7.15. The van der Waals surface area contributed by atoms with E-state index in [4.69, 9.17) is 4.74 Å². The molecule has 24 heavy (non-hydrogen) atoms. The van der Waals surface area contributed by atoms with Crippen LogP contribution in [0.4, 0.5) is 5.13 Å². The van der Waals surface area contributed by atoms with Crippen LogP contribution in [0.5, 0.6) is 0 Å². The SMILES string of the molecule is CCc1nnc(NC(=O)CCN2CCC3(CC2)OCCC[C@@H]3O)s1. The maximum atomic E-state index is 12.0. The molecule has 7 nitrogen and oxygen atoms in total. The largest absolute Gasteiger partial charge is 0.390 e. The topological polar surface area (TPSA) is 87.6 Å². The third kappa shape index (κ3) is 4.11. The summed E-state index contributed by atoms with van der Waals surface area (Å²) in [6.45, 7) is 5.22. The minimum atomic E-state index is -0.347. The van der Waals surface area contributed by atoms with Crippen molar-refractivity contribution in [2.75, 3.05) is 31.6 Å². The Kier molecular flexibility index (Phi) is 5.80.